The zero-order valence-electron chi connectivity index (χ0n) is 12.8. The third kappa shape index (κ3) is 3.75. The third-order valence-corrected chi connectivity index (χ3v) is 3.37. The van der Waals surface area contributed by atoms with Gasteiger partial charge in [0.1, 0.15) is 0 Å². The van der Waals surface area contributed by atoms with Crippen molar-refractivity contribution in [3.63, 3.8) is 0 Å². The van der Waals surface area contributed by atoms with Gasteiger partial charge in [0, 0.05) is 24.3 Å². The van der Waals surface area contributed by atoms with Crippen molar-refractivity contribution in [3.8, 4) is 0 Å². The van der Waals surface area contributed by atoms with E-state index in [9.17, 15) is 29.8 Å². The Bertz CT molecular complexity index is 908. The first-order valence-electron chi connectivity index (χ1n) is 6.79. The number of anilines is 1. The zero-order valence-corrected chi connectivity index (χ0v) is 12.8. The maximum absolute atomic E-state index is 12.3. The van der Waals surface area contributed by atoms with Crippen LogP contribution >= 0.6 is 0 Å². The molecule has 0 spiro atoms. The Hall–Kier alpha value is -3.82. The minimum atomic E-state index is -1.51. The molecule has 2 rings (SSSR count). The van der Waals surface area contributed by atoms with Gasteiger partial charge in [-0.1, -0.05) is 6.07 Å². The molecular weight excluding hydrogens is 334 g/mol. The van der Waals surface area contributed by atoms with Gasteiger partial charge < -0.3 is 10.4 Å². The molecule has 0 aromatic heterocycles. The van der Waals surface area contributed by atoms with Gasteiger partial charge in [-0.3, -0.25) is 25.0 Å². The number of carboxylic acid groups (broad SMARTS) is 1. The molecule has 25 heavy (non-hydrogen) atoms. The average molecular weight is 345 g/mol. The number of carbonyl (C=O) groups is 2. The van der Waals surface area contributed by atoms with Crippen LogP contribution in [0.25, 0.3) is 0 Å². The smallest absolute Gasteiger partial charge is 0.336 e. The van der Waals surface area contributed by atoms with Crippen molar-refractivity contribution in [2.45, 2.75) is 6.92 Å². The molecule has 0 fully saturated rings. The maximum Gasteiger partial charge on any atom is 0.336 e. The normalized spacial score (nSPS) is 10.1. The monoisotopic (exact) mass is 345 g/mol. The van der Waals surface area contributed by atoms with Crippen LogP contribution in [0.3, 0.4) is 0 Å². The molecule has 0 aliphatic rings. The predicted molar refractivity (Wildman–Crippen MR) is 85.8 cm³/mol. The van der Waals surface area contributed by atoms with E-state index in [1.165, 1.54) is 12.1 Å². The first kappa shape index (κ1) is 17.5. The van der Waals surface area contributed by atoms with E-state index in [1.54, 1.807) is 6.92 Å². The van der Waals surface area contributed by atoms with E-state index in [-0.39, 0.29) is 16.9 Å². The van der Waals surface area contributed by atoms with E-state index in [2.05, 4.69) is 5.32 Å². The maximum atomic E-state index is 12.3. The molecule has 0 heterocycles. The van der Waals surface area contributed by atoms with Crippen molar-refractivity contribution in [1.29, 1.82) is 0 Å². The highest BCUT2D eigenvalue weighted by atomic mass is 16.6. The van der Waals surface area contributed by atoms with Crippen molar-refractivity contribution in [3.05, 3.63) is 73.3 Å². The SMILES string of the molecule is Cc1ccc([N+](=O)[O-])cc1NC(=O)c1ccc([N+](=O)[O-])cc1C(=O)O. The summed E-state index contributed by atoms with van der Waals surface area (Å²) in [6, 6.07) is 6.63. The van der Waals surface area contributed by atoms with Crippen LogP contribution in [-0.4, -0.2) is 26.8 Å². The zero-order chi connectivity index (χ0) is 18.7. The van der Waals surface area contributed by atoms with Crippen molar-refractivity contribution in [2.75, 3.05) is 5.32 Å². The van der Waals surface area contributed by atoms with Gasteiger partial charge in [-0.25, -0.2) is 4.79 Å². The molecule has 2 N–H and O–H groups in total. The number of rotatable bonds is 5. The van der Waals surface area contributed by atoms with Gasteiger partial charge in [-0.2, -0.15) is 0 Å². The molecule has 128 valence electrons. The second-order valence-electron chi connectivity index (χ2n) is 5.00. The highest BCUT2D eigenvalue weighted by molar-refractivity contribution is 6.11. The topological polar surface area (TPSA) is 153 Å². The number of nitrogens with one attached hydrogen (secondary N) is 1. The van der Waals surface area contributed by atoms with E-state index in [0.29, 0.717) is 5.56 Å². The average Bonchev–Trinajstić information content (AvgIpc) is 2.55. The van der Waals surface area contributed by atoms with Gasteiger partial charge in [-0.05, 0) is 18.6 Å². The molecule has 10 heteroatoms. The third-order valence-electron chi connectivity index (χ3n) is 3.37. The Morgan fingerprint density at radius 1 is 0.960 bits per heavy atom. The molecule has 0 bridgehead atoms. The fourth-order valence-corrected chi connectivity index (χ4v) is 2.07. The number of nitro groups is 2. The van der Waals surface area contributed by atoms with E-state index in [1.807, 2.05) is 0 Å². The number of aromatic carboxylic acids is 1. The summed E-state index contributed by atoms with van der Waals surface area (Å²) in [5.41, 5.74) is -0.908. The number of amides is 1. The molecule has 0 saturated heterocycles. The number of non-ortho nitro benzene ring substituents is 2. The number of hydrogen-bond acceptors (Lipinski definition) is 6. The fraction of sp³-hybridized carbons (Fsp3) is 0.0667. The minimum Gasteiger partial charge on any atom is -0.478 e. The lowest BCUT2D eigenvalue weighted by molar-refractivity contribution is -0.385. The Morgan fingerprint density at radius 3 is 2.08 bits per heavy atom. The lowest BCUT2D eigenvalue weighted by atomic mass is 10.1. The Kier molecular flexibility index (Phi) is 4.73. The molecule has 0 aliphatic carbocycles. The minimum absolute atomic E-state index is 0.133. The molecule has 2 aromatic rings. The Labute approximate surface area is 140 Å². The van der Waals surface area contributed by atoms with Crippen LogP contribution in [0.4, 0.5) is 17.1 Å². The molecule has 1 amide bonds. The lowest BCUT2D eigenvalue weighted by Gasteiger charge is -2.10. The van der Waals surface area contributed by atoms with E-state index in [4.69, 9.17) is 5.11 Å². The number of carbonyl (C=O) groups excluding carboxylic acids is 1. The van der Waals surface area contributed by atoms with Gasteiger partial charge >= 0.3 is 5.97 Å². The Morgan fingerprint density at radius 2 is 1.52 bits per heavy atom. The van der Waals surface area contributed by atoms with Crippen LogP contribution in [0.5, 0.6) is 0 Å². The standard InChI is InChI=1S/C15H11N3O7/c1-8-2-3-10(18(24)25)7-13(8)16-14(19)11-5-4-9(17(22)23)6-12(11)15(20)21/h2-7H,1H3,(H,16,19)(H,20,21). The first-order valence-corrected chi connectivity index (χ1v) is 6.79. The van der Waals surface area contributed by atoms with E-state index in [0.717, 1.165) is 24.3 Å². The molecule has 0 atom stereocenters. The number of nitro benzene ring substituents is 2. The molecule has 2 aromatic carbocycles. The summed E-state index contributed by atoms with van der Waals surface area (Å²) in [4.78, 5) is 43.8. The highest BCUT2D eigenvalue weighted by Crippen LogP contribution is 2.24. The van der Waals surface area contributed by atoms with Crippen molar-refractivity contribution < 1.29 is 24.5 Å². The quantitative estimate of drug-likeness (QED) is 0.624. The number of aryl methyl sites for hydroxylation is 1. The molecule has 0 radical (unpaired) electrons. The molecule has 0 unspecified atom stereocenters. The summed E-state index contributed by atoms with van der Waals surface area (Å²) in [7, 11) is 0. The van der Waals surface area contributed by atoms with Gasteiger partial charge in [0.25, 0.3) is 17.3 Å². The molecule has 0 aliphatic heterocycles. The summed E-state index contributed by atoms with van der Waals surface area (Å²) in [6.07, 6.45) is 0. The van der Waals surface area contributed by atoms with Crippen molar-refractivity contribution in [1.82, 2.24) is 0 Å². The lowest BCUT2D eigenvalue weighted by Crippen LogP contribution is -2.17. The largest absolute Gasteiger partial charge is 0.478 e. The first-order chi connectivity index (χ1) is 11.7. The van der Waals surface area contributed by atoms with Gasteiger partial charge in [0.2, 0.25) is 0 Å². The summed E-state index contributed by atoms with van der Waals surface area (Å²) in [5.74, 6) is -2.36. The van der Waals surface area contributed by atoms with E-state index >= 15 is 0 Å². The fourth-order valence-electron chi connectivity index (χ4n) is 2.07. The molecule has 10 nitrogen and oxygen atoms in total. The van der Waals surface area contributed by atoms with Gasteiger partial charge in [0.15, 0.2) is 0 Å². The predicted octanol–water partition coefficient (Wildman–Crippen LogP) is 2.76. The molecule has 0 saturated carbocycles. The summed E-state index contributed by atoms with van der Waals surface area (Å²) >= 11 is 0. The second-order valence-corrected chi connectivity index (χ2v) is 5.00. The summed E-state index contributed by atoms with van der Waals surface area (Å²) in [5, 5.41) is 33.1. The van der Waals surface area contributed by atoms with Crippen LogP contribution in [0, 0.1) is 27.2 Å². The van der Waals surface area contributed by atoms with Crippen LogP contribution < -0.4 is 5.32 Å². The van der Waals surface area contributed by atoms with Crippen LogP contribution in [0.15, 0.2) is 36.4 Å². The van der Waals surface area contributed by atoms with Crippen LogP contribution in [-0.2, 0) is 0 Å². The number of hydrogen-bond donors (Lipinski definition) is 2. The van der Waals surface area contributed by atoms with E-state index < -0.39 is 33.0 Å². The van der Waals surface area contributed by atoms with Crippen molar-refractivity contribution in [2.24, 2.45) is 0 Å². The molecular formula is C15H11N3O7. The van der Waals surface area contributed by atoms with Crippen LogP contribution in [0.1, 0.15) is 26.3 Å². The van der Waals surface area contributed by atoms with Crippen molar-refractivity contribution >= 4 is 28.9 Å². The summed E-state index contributed by atoms with van der Waals surface area (Å²) < 4.78 is 0. The number of benzene rings is 2. The number of carboxylic acids is 1. The summed E-state index contributed by atoms with van der Waals surface area (Å²) in [6.45, 7) is 1.60. The van der Waals surface area contributed by atoms with Gasteiger partial charge in [-0.15, -0.1) is 0 Å². The number of nitrogens with zero attached hydrogens (tertiary/aromatic N) is 2. The van der Waals surface area contributed by atoms with Gasteiger partial charge in [0.05, 0.1) is 26.7 Å². The second kappa shape index (κ2) is 6.74. The van der Waals surface area contributed by atoms with Crippen LogP contribution in [0.2, 0.25) is 0 Å². The Balaban J connectivity index is 2.42. The highest BCUT2D eigenvalue weighted by Gasteiger charge is 2.21.